The molecule has 148 valence electrons. The Hall–Kier alpha value is -2.04. The van der Waals surface area contributed by atoms with Crippen LogP contribution in [0.4, 0.5) is 0 Å². The predicted molar refractivity (Wildman–Crippen MR) is 106 cm³/mol. The molecule has 0 saturated carbocycles. The molecular formula is C22H32N2O3. The highest BCUT2D eigenvalue weighted by molar-refractivity contribution is 5.80. The van der Waals surface area contributed by atoms with Gasteiger partial charge in [-0.25, -0.2) is 0 Å². The second-order valence-corrected chi connectivity index (χ2v) is 7.66. The first-order valence-electron chi connectivity index (χ1n) is 10.4. The van der Waals surface area contributed by atoms with Gasteiger partial charge in [-0.1, -0.05) is 25.1 Å². The largest absolute Gasteiger partial charge is 0.493 e. The third-order valence-electron chi connectivity index (χ3n) is 5.91. The number of hydrogen-bond donors (Lipinski definition) is 0. The number of carbonyl (C=O) groups excluding carboxylic acids is 2. The molecule has 0 spiro atoms. The number of para-hydroxylation sites is 1. The van der Waals surface area contributed by atoms with E-state index in [1.807, 2.05) is 35.2 Å². The average molecular weight is 373 g/mol. The smallest absolute Gasteiger partial charge is 0.226 e. The van der Waals surface area contributed by atoms with Crippen LogP contribution in [0, 0.1) is 5.92 Å². The number of amides is 2. The van der Waals surface area contributed by atoms with Crippen LogP contribution in [0.2, 0.25) is 0 Å². The van der Waals surface area contributed by atoms with Gasteiger partial charge in [-0.05, 0) is 50.7 Å². The Morgan fingerprint density at radius 2 is 1.78 bits per heavy atom. The average Bonchev–Trinajstić information content (AvgIpc) is 2.74. The van der Waals surface area contributed by atoms with E-state index < -0.39 is 0 Å². The normalized spacial score (nSPS) is 21.1. The van der Waals surface area contributed by atoms with Crippen molar-refractivity contribution in [3.05, 3.63) is 30.3 Å². The standard InChI is InChI=1S/C22H32N2O3/c1-2-19-8-6-7-14-24(19)22(26)18-11-15-23(16-12-18)21(25)13-17-27-20-9-4-3-5-10-20/h3-5,9-10,18-19H,2,6-8,11-17H2,1H3. The number of likely N-dealkylation sites (tertiary alicyclic amines) is 2. The minimum atomic E-state index is 0.0850. The van der Waals surface area contributed by atoms with Crippen LogP contribution >= 0.6 is 0 Å². The van der Waals surface area contributed by atoms with E-state index >= 15 is 0 Å². The van der Waals surface area contributed by atoms with E-state index in [-0.39, 0.29) is 11.8 Å². The molecule has 27 heavy (non-hydrogen) atoms. The van der Waals surface area contributed by atoms with Gasteiger partial charge in [0.05, 0.1) is 13.0 Å². The molecule has 0 bridgehead atoms. The predicted octanol–water partition coefficient (Wildman–Crippen LogP) is 3.49. The monoisotopic (exact) mass is 372 g/mol. The Balaban J connectivity index is 1.41. The summed E-state index contributed by atoms with van der Waals surface area (Å²) >= 11 is 0. The molecule has 2 amide bonds. The first-order chi connectivity index (χ1) is 13.2. The Labute approximate surface area is 162 Å². The molecule has 2 fully saturated rings. The number of hydrogen-bond acceptors (Lipinski definition) is 3. The SMILES string of the molecule is CCC1CCCCN1C(=O)C1CCN(C(=O)CCOc2ccccc2)CC1. The fourth-order valence-electron chi connectivity index (χ4n) is 4.26. The molecule has 2 heterocycles. The Kier molecular flexibility index (Phi) is 7.13. The number of ether oxygens (including phenoxy) is 1. The molecule has 5 heteroatoms. The molecule has 1 unspecified atom stereocenters. The van der Waals surface area contributed by atoms with Crippen molar-refractivity contribution in [3.63, 3.8) is 0 Å². The lowest BCUT2D eigenvalue weighted by Crippen LogP contribution is -2.49. The van der Waals surface area contributed by atoms with Crippen molar-refractivity contribution in [2.45, 2.75) is 57.9 Å². The molecule has 2 saturated heterocycles. The van der Waals surface area contributed by atoms with Crippen molar-refractivity contribution >= 4 is 11.8 Å². The van der Waals surface area contributed by atoms with Gasteiger partial charge in [-0.2, -0.15) is 0 Å². The van der Waals surface area contributed by atoms with E-state index in [2.05, 4.69) is 11.8 Å². The van der Waals surface area contributed by atoms with Crippen LogP contribution in [0.15, 0.2) is 30.3 Å². The lowest BCUT2D eigenvalue weighted by atomic mass is 9.92. The van der Waals surface area contributed by atoms with Crippen molar-refractivity contribution in [1.29, 1.82) is 0 Å². The van der Waals surface area contributed by atoms with E-state index in [0.717, 1.165) is 44.4 Å². The summed E-state index contributed by atoms with van der Waals surface area (Å²) in [6.45, 7) is 4.85. The maximum atomic E-state index is 12.9. The highest BCUT2D eigenvalue weighted by Gasteiger charge is 2.33. The fraction of sp³-hybridized carbons (Fsp3) is 0.636. The summed E-state index contributed by atoms with van der Waals surface area (Å²) in [6.07, 6.45) is 6.51. The van der Waals surface area contributed by atoms with Crippen LogP contribution < -0.4 is 4.74 Å². The molecule has 3 rings (SSSR count). The zero-order chi connectivity index (χ0) is 19.1. The van der Waals surface area contributed by atoms with Crippen LogP contribution in [0.5, 0.6) is 5.75 Å². The molecule has 1 atom stereocenters. The molecule has 5 nitrogen and oxygen atoms in total. The lowest BCUT2D eigenvalue weighted by molar-refractivity contribution is -0.143. The molecule has 2 aliphatic heterocycles. The van der Waals surface area contributed by atoms with Crippen LogP contribution in [-0.4, -0.2) is 53.9 Å². The van der Waals surface area contributed by atoms with Crippen molar-refractivity contribution in [3.8, 4) is 5.75 Å². The van der Waals surface area contributed by atoms with Gasteiger partial charge < -0.3 is 14.5 Å². The molecule has 0 radical (unpaired) electrons. The van der Waals surface area contributed by atoms with Crippen molar-refractivity contribution < 1.29 is 14.3 Å². The summed E-state index contributed by atoms with van der Waals surface area (Å²) in [5.41, 5.74) is 0. The number of nitrogens with zero attached hydrogens (tertiary/aromatic N) is 2. The number of rotatable bonds is 6. The third-order valence-corrected chi connectivity index (χ3v) is 5.91. The van der Waals surface area contributed by atoms with Gasteiger partial charge in [0.25, 0.3) is 0 Å². The van der Waals surface area contributed by atoms with Crippen LogP contribution in [0.25, 0.3) is 0 Å². The maximum absolute atomic E-state index is 12.9. The van der Waals surface area contributed by atoms with E-state index in [9.17, 15) is 9.59 Å². The van der Waals surface area contributed by atoms with E-state index in [4.69, 9.17) is 4.74 Å². The first kappa shape index (κ1) is 19.7. The fourth-order valence-corrected chi connectivity index (χ4v) is 4.26. The Morgan fingerprint density at radius 3 is 2.48 bits per heavy atom. The zero-order valence-corrected chi connectivity index (χ0v) is 16.4. The molecule has 0 aliphatic carbocycles. The van der Waals surface area contributed by atoms with Crippen LogP contribution in [0.3, 0.4) is 0 Å². The number of piperidine rings is 2. The Bertz CT molecular complexity index is 611. The number of carbonyl (C=O) groups is 2. The minimum absolute atomic E-state index is 0.0850. The second-order valence-electron chi connectivity index (χ2n) is 7.66. The summed E-state index contributed by atoms with van der Waals surface area (Å²) in [4.78, 5) is 29.4. The molecular weight excluding hydrogens is 340 g/mol. The summed E-state index contributed by atoms with van der Waals surface area (Å²) in [7, 11) is 0. The second kappa shape index (κ2) is 9.77. The topological polar surface area (TPSA) is 49.9 Å². The highest BCUT2D eigenvalue weighted by atomic mass is 16.5. The van der Waals surface area contributed by atoms with Gasteiger partial charge in [0.15, 0.2) is 0 Å². The van der Waals surface area contributed by atoms with Gasteiger partial charge in [0.2, 0.25) is 11.8 Å². The van der Waals surface area contributed by atoms with E-state index in [1.165, 1.54) is 6.42 Å². The first-order valence-corrected chi connectivity index (χ1v) is 10.4. The van der Waals surface area contributed by atoms with E-state index in [1.54, 1.807) is 0 Å². The lowest BCUT2D eigenvalue weighted by Gasteiger charge is -2.39. The summed E-state index contributed by atoms with van der Waals surface area (Å²) < 4.78 is 5.62. The number of benzene rings is 1. The van der Waals surface area contributed by atoms with Crippen LogP contribution in [-0.2, 0) is 9.59 Å². The molecule has 2 aliphatic rings. The summed E-state index contributed by atoms with van der Waals surface area (Å²) in [5, 5.41) is 0. The quantitative estimate of drug-likeness (QED) is 0.768. The molecule has 1 aromatic rings. The van der Waals surface area contributed by atoms with Crippen molar-refractivity contribution in [2.75, 3.05) is 26.2 Å². The van der Waals surface area contributed by atoms with Crippen LogP contribution in [0.1, 0.15) is 51.9 Å². The van der Waals surface area contributed by atoms with Gasteiger partial charge in [0.1, 0.15) is 5.75 Å². The van der Waals surface area contributed by atoms with Gasteiger partial charge in [0, 0.05) is 31.6 Å². The molecule has 0 aromatic heterocycles. The molecule has 0 N–H and O–H groups in total. The van der Waals surface area contributed by atoms with Gasteiger partial charge in [-0.15, -0.1) is 0 Å². The highest BCUT2D eigenvalue weighted by Crippen LogP contribution is 2.26. The van der Waals surface area contributed by atoms with E-state index in [0.29, 0.717) is 38.1 Å². The summed E-state index contributed by atoms with van der Waals surface area (Å²) in [6, 6.07) is 9.99. The minimum Gasteiger partial charge on any atom is -0.493 e. The van der Waals surface area contributed by atoms with Crippen molar-refractivity contribution in [1.82, 2.24) is 9.80 Å². The summed E-state index contributed by atoms with van der Waals surface area (Å²) in [5.74, 6) is 1.32. The third kappa shape index (κ3) is 5.24. The van der Waals surface area contributed by atoms with Gasteiger partial charge >= 0.3 is 0 Å². The van der Waals surface area contributed by atoms with Gasteiger partial charge in [-0.3, -0.25) is 9.59 Å². The zero-order valence-electron chi connectivity index (χ0n) is 16.4. The Morgan fingerprint density at radius 1 is 1.04 bits per heavy atom. The maximum Gasteiger partial charge on any atom is 0.226 e. The molecule has 1 aromatic carbocycles. The van der Waals surface area contributed by atoms with Crippen molar-refractivity contribution in [2.24, 2.45) is 5.92 Å².